The van der Waals surface area contributed by atoms with Gasteiger partial charge in [0.25, 0.3) is 11.5 Å². The van der Waals surface area contributed by atoms with Crippen LogP contribution in [0.3, 0.4) is 0 Å². The van der Waals surface area contributed by atoms with Gasteiger partial charge in [0, 0.05) is 11.3 Å². The molecule has 3 rings (SSSR count). The number of H-pyrrole nitrogens is 1. The molecule has 2 aromatic carbocycles. The van der Waals surface area contributed by atoms with E-state index in [0.29, 0.717) is 44.7 Å². The predicted octanol–water partition coefficient (Wildman–Crippen LogP) is 3.74. The second kappa shape index (κ2) is 8.22. The standard InChI is InChI=1S/C19H18BrN3O4/c1-3-6-27-17-14(20)7-11(8-16(17)26-2)18(24)23-12-4-5-15-13(9-12)19(25)22-10-21-15/h4-5,7-10H,3,6H2,1-2H3,(H,23,24)(H,21,22,25). The van der Waals surface area contributed by atoms with Gasteiger partial charge in [0.2, 0.25) is 0 Å². The van der Waals surface area contributed by atoms with Crippen molar-refractivity contribution in [2.45, 2.75) is 13.3 Å². The highest BCUT2D eigenvalue weighted by molar-refractivity contribution is 9.10. The van der Waals surface area contributed by atoms with Crippen molar-refractivity contribution in [3.8, 4) is 11.5 Å². The average Bonchev–Trinajstić information content (AvgIpc) is 2.67. The van der Waals surface area contributed by atoms with E-state index in [-0.39, 0.29) is 11.5 Å². The Bertz CT molecular complexity index is 1050. The van der Waals surface area contributed by atoms with Gasteiger partial charge in [-0.25, -0.2) is 4.98 Å². The summed E-state index contributed by atoms with van der Waals surface area (Å²) in [6.07, 6.45) is 2.20. The highest BCUT2D eigenvalue weighted by Gasteiger charge is 2.16. The number of nitrogens with zero attached hydrogens (tertiary/aromatic N) is 1. The molecule has 0 aliphatic rings. The number of nitrogens with one attached hydrogen (secondary N) is 2. The molecule has 1 amide bonds. The quantitative estimate of drug-likeness (QED) is 0.619. The van der Waals surface area contributed by atoms with Crippen molar-refractivity contribution in [2.24, 2.45) is 0 Å². The van der Waals surface area contributed by atoms with Crippen LogP contribution in [0.25, 0.3) is 10.9 Å². The van der Waals surface area contributed by atoms with Gasteiger partial charge in [-0.05, 0) is 52.7 Å². The number of amides is 1. The van der Waals surface area contributed by atoms with Gasteiger partial charge in [-0.1, -0.05) is 6.92 Å². The minimum atomic E-state index is -0.337. The molecule has 27 heavy (non-hydrogen) atoms. The third-order valence-electron chi connectivity index (χ3n) is 3.84. The lowest BCUT2D eigenvalue weighted by Gasteiger charge is -2.14. The van der Waals surface area contributed by atoms with E-state index in [1.165, 1.54) is 13.4 Å². The number of methoxy groups -OCH3 is 1. The maximum Gasteiger partial charge on any atom is 0.258 e. The van der Waals surface area contributed by atoms with Gasteiger partial charge in [-0.15, -0.1) is 0 Å². The smallest absolute Gasteiger partial charge is 0.258 e. The fourth-order valence-electron chi connectivity index (χ4n) is 2.54. The normalized spacial score (nSPS) is 10.6. The average molecular weight is 432 g/mol. The number of anilines is 1. The molecule has 3 aromatic rings. The van der Waals surface area contributed by atoms with Crippen molar-refractivity contribution in [3.63, 3.8) is 0 Å². The lowest BCUT2D eigenvalue weighted by molar-refractivity contribution is 0.102. The Morgan fingerprint density at radius 3 is 2.85 bits per heavy atom. The second-order valence-electron chi connectivity index (χ2n) is 5.76. The molecule has 0 atom stereocenters. The van der Waals surface area contributed by atoms with Crippen LogP contribution >= 0.6 is 15.9 Å². The minimum Gasteiger partial charge on any atom is -0.493 e. The molecule has 1 heterocycles. The van der Waals surface area contributed by atoms with Crippen molar-refractivity contribution in [3.05, 3.63) is 57.0 Å². The van der Waals surface area contributed by atoms with Gasteiger partial charge in [-0.2, -0.15) is 0 Å². The Morgan fingerprint density at radius 1 is 1.30 bits per heavy atom. The summed E-state index contributed by atoms with van der Waals surface area (Å²) in [7, 11) is 1.52. The number of benzene rings is 2. The summed E-state index contributed by atoms with van der Waals surface area (Å²) in [5, 5.41) is 3.18. The van der Waals surface area contributed by atoms with Crippen LogP contribution in [0.2, 0.25) is 0 Å². The Kier molecular flexibility index (Phi) is 5.75. The zero-order chi connectivity index (χ0) is 19.4. The van der Waals surface area contributed by atoms with E-state index in [0.717, 1.165) is 6.42 Å². The summed E-state index contributed by atoms with van der Waals surface area (Å²) in [6.45, 7) is 2.55. The summed E-state index contributed by atoms with van der Waals surface area (Å²) in [4.78, 5) is 31.1. The second-order valence-corrected chi connectivity index (χ2v) is 6.61. The van der Waals surface area contributed by atoms with E-state index in [1.54, 1.807) is 30.3 Å². The Hall–Kier alpha value is -2.87. The summed E-state index contributed by atoms with van der Waals surface area (Å²) < 4.78 is 11.6. The lowest BCUT2D eigenvalue weighted by Crippen LogP contribution is -2.13. The number of carbonyl (C=O) groups excluding carboxylic acids is 1. The molecule has 8 heteroatoms. The van der Waals surface area contributed by atoms with Crippen LogP contribution in [0.4, 0.5) is 5.69 Å². The van der Waals surface area contributed by atoms with Crippen molar-refractivity contribution in [1.82, 2.24) is 9.97 Å². The maximum absolute atomic E-state index is 12.7. The Balaban J connectivity index is 1.89. The third kappa shape index (κ3) is 4.11. The zero-order valence-corrected chi connectivity index (χ0v) is 16.4. The predicted molar refractivity (Wildman–Crippen MR) is 107 cm³/mol. The van der Waals surface area contributed by atoms with Crippen molar-refractivity contribution < 1.29 is 14.3 Å². The van der Waals surface area contributed by atoms with E-state index in [2.05, 4.69) is 31.2 Å². The van der Waals surface area contributed by atoms with E-state index in [1.807, 2.05) is 6.92 Å². The summed E-state index contributed by atoms with van der Waals surface area (Å²) >= 11 is 3.43. The monoisotopic (exact) mass is 431 g/mol. The number of hydrogen-bond acceptors (Lipinski definition) is 5. The Labute approximate surface area is 163 Å². The first-order chi connectivity index (χ1) is 13.0. The van der Waals surface area contributed by atoms with Gasteiger partial charge >= 0.3 is 0 Å². The van der Waals surface area contributed by atoms with Crippen LogP contribution < -0.4 is 20.3 Å². The molecule has 0 unspecified atom stereocenters. The third-order valence-corrected chi connectivity index (χ3v) is 4.43. The molecule has 1 aromatic heterocycles. The molecule has 0 aliphatic carbocycles. The number of halogens is 1. The number of aromatic amines is 1. The summed E-state index contributed by atoms with van der Waals surface area (Å²) in [6, 6.07) is 8.23. The number of ether oxygens (including phenoxy) is 2. The molecule has 2 N–H and O–H groups in total. The van der Waals surface area contributed by atoms with Crippen LogP contribution in [-0.4, -0.2) is 29.6 Å². The van der Waals surface area contributed by atoms with Gasteiger partial charge in [-0.3, -0.25) is 9.59 Å². The first-order valence-corrected chi connectivity index (χ1v) is 9.12. The summed E-state index contributed by atoms with van der Waals surface area (Å²) in [5.41, 5.74) is 1.17. The number of fused-ring (bicyclic) bond motifs is 1. The number of aromatic nitrogens is 2. The van der Waals surface area contributed by atoms with Crippen LogP contribution in [-0.2, 0) is 0 Å². The molecular formula is C19H18BrN3O4. The van der Waals surface area contributed by atoms with Crippen LogP contribution in [0.5, 0.6) is 11.5 Å². The van der Waals surface area contributed by atoms with Gasteiger partial charge in [0.05, 0.1) is 35.4 Å². The van der Waals surface area contributed by atoms with Gasteiger partial charge in [0.15, 0.2) is 11.5 Å². The summed E-state index contributed by atoms with van der Waals surface area (Å²) in [5.74, 6) is 0.678. The van der Waals surface area contributed by atoms with Gasteiger partial charge < -0.3 is 19.8 Å². The minimum absolute atomic E-state index is 0.266. The van der Waals surface area contributed by atoms with E-state index in [4.69, 9.17) is 9.47 Å². The van der Waals surface area contributed by atoms with E-state index in [9.17, 15) is 9.59 Å². The van der Waals surface area contributed by atoms with Crippen molar-refractivity contribution in [2.75, 3.05) is 19.0 Å². The topological polar surface area (TPSA) is 93.3 Å². The van der Waals surface area contributed by atoms with Crippen LogP contribution in [0.15, 0.2) is 45.9 Å². The molecular weight excluding hydrogens is 414 g/mol. The molecule has 0 fully saturated rings. The SMILES string of the molecule is CCCOc1c(Br)cc(C(=O)Nc2ccc3nc[nH]c(=O)c3c2)cc1OC. The zero-order valence-electron chi connectivity index (χ0n) is 14.8. The molecule has 7 nitrogen and oxygen atoms in total. The van der Waals surface area contributed by atoms with Crippen molar-refractivity contribution >= 4 is 38.4 Å². The fourth-order valence-corrected chi connectivity index (χ4v) is 3.10. The molecule has 0 bridgehead atoms. The molecule has 0 radical (unpaired) electrons. The number of carbonyl (C=O) groups is 1. The maximum atomic E-state index is 12.7. The highest BCUT2D eigenvalue weighted by atomic mass is 79.9. The van der Waals surface area contributed by atoms with E-state index >= 15 is 0 Å². The van der Waals surface area contributed by atoms with Gasteiger partial charge in [0.1, 0.15) is 0 Å². The van der Waals surface area contributed by atoms with Crippen LogP contribution in [0.1, 0.15) is 23.7 Å². The fraction of sp³-hybridized carbons (Fsp3) is 0.211. The number of rotatable bonds is 6. The molecule has 0 saturated heterocycles. The first-order valence-electron chi connectivity index (χ1n) is 8.32. The van der Waals surface area contributed by atoms with E-state index < -0.39 is 0 Å². The molecule has 0 aliphatic heterocycles. The highest BCUT2D eigenvalue weighted by Crippen LogP contribution is 2.37. The van der Waals surface area contributed by atoms with Crippen molar-refractivity contribution in [1.29, 1.82) is 0 Å². The molecule has 0 saturated carbocycles. The molecule has 0 spiro atoms. The number of hydrogen-bond donors (Lipinski definition) is 2. The Morgan fingerprint density at radius 2 is 2.11 bits per heavy atom. The first kappa shape index (κ1) is 18.9. The lowest BCUT2D eigenvalue weighted by atomic mass is 10.1. The molecule has 140 valence electrons. The van der Waals surface area contributed by atoms with Crippen LogP contribution in [0, 0.1) is 0 Å². The largest absolute Gasteiger partial charge is 0.493 e.